The van der Waals surface area contributed by atoms with Gasteiger partial charge >= 0.3 is 0 Å². The van der Waals surface area contributed by atoms with Gasteiger partial charge in [-0.25, -0.2) is 4.39 Å². The van der Waals surface area contributed by atoms with Crippen LogP contribution in [0.1, 0.15) is 17.3 Å². The van der Waals surface area contributed by atoms with E-state index in [0.29, 0.717) is 26.3 Å². The Morgan fingerprint density at radius 3 is 2.67 bits per heavy atom. The van der Waals surface area contributed by atoms with Crippen molar-refractivity contribution >= 4 is 23.4 Å². The molecule has 0 aliphatic carbocycles. The topological polar surface area (TPSA) is 58.6 Å². The van der Waals surface area contributed by atoms with Crippen molar-refractivity contribution in [3.63, 3.8) is 0 Å². The van der Waals surface area contributed by atoms with Crippen LogP contribution in [0, 0.1) is 5.82 Å². The monoisotopic (exact) mass is 314 g/mol. The highest BCUT2D eigenvalue weighted by molar-refractivity contribution is 6.30. The van der Waals surface area contributed by atoms with Crippen molar-refractivity contribution in [2.45, 2.75) is 13.0 Å². The van der Waals surface area contributed by atoms with Gasteiger partial charge < -0.3 is 15.0 Å². The van der Waals surface area contributed by atoms with Crippen molar-refractivity contribution in [2.24, 2.45) is 0 Å². The number of hydrogen-bond acceptors (Lipinski definition) is 3. The summed E-state index contributed by atoms with van der Waals surface area (Å²) in [5.74, 6) is -1.56. The number of hydrogen-bond donors (Lipinski definition) is 1. The molecule has 2 amide bonds. The molecule has 114 valence electrons. The average Bonchev–Trinajstić information content (AvgIpc) is 2.47. The maximum atomic E-state index is 13.6. The second kappa shape index (κ2) is 6.87. The van der Waals surface area contributed by atoms with Crippen LogP contribution in [0.25, 0.3) is 0 Å². The van der Waals surface area contributed by atoms with E-state index in [1.54, 1.807) is 11.8 Å². The Hall–Kier alpha value is -1.66. The molecule has 1 fully saturated rings. The smallest absolute Gasteiger partial charge is 0.254 e. The zero-order valence-electron chi connectivity index (χ0n) is 11.6. The van der Waals surface area contributed by atoms with Gasteiger partial charge in [-0.15, -0.1) is 0 Å². The lowest BCUT2D eigenvalue weighted by molar-refractivity contribution is -0.136. The molecule has 0 saturated carbocycles. The van der Waals surface area contributed by atoms with Gasteiger partial charge in [0.05, 0.1) is 18.8 Å². The quantitative estimate of drug-likeness (QED) is 0.919. The predicted molar refractivity (Wildman–Crippen MR) is 75.7 cm³/mol. The standard InChI is InChI=1S/C14H16ClFN2O3/c1-9(14(20)18-4-6-21-7-5-18)17-13(19)11-3-2-10(15)8-12(11)16/h2-3,8-9H,4-7H2,1H3,(H,17,19)/t9-/m0/s1. The number of carbonyl (C=O) groups is 2. The number of nitrogens with one attached hydrogen (secondary N) is 1. The van der Waals surface area contributed by atoms with Crippen LogP contribution >= 0.6 is 11.6 Å². The fourth-order valence-electron chi connectivity index (χ4n) is 2.07. The van der Waals surface area contributed by atoms with E-state index in [0.717, 1.165) is 6.07 Å². The Bertz CT molecular complexity index is 547. The minimum atomic E-state index is -0.731. The Kier molecular flexibility index (Phi) is 5.14. The first kappa shape index (κ1) is 15.7. The van der Waals surface area contributed by atoms with E-state index in [9.17, 15) is 14.0 Å². The third kappa shape index (κ3) is 3.92. The molecule has 1 N–H and O–H groups in total. The van der Waals surface area contributed by atoms with Gasteiger partial charge in [0.25, 0.3) is 5.91 Å². The van der Waals surface area contributed by atoms with Gasteiger partial charge in [0.1, 0.15) is 11.9 Å². The molecular formula is C14H16ClFN2O3. The lowest BCUT2D eigenvalue weighted by atomic mass is 10.1. The number of nitrogens with zero attached hydrogens (tertiary/aromatic N) is 1. The van der Waals surface area contributed by atoms with Crippen LogP contribution in [-0.2, 0) is 9.53 Å². The lowest BCUT2D eigenvalue weighted by Gasteiger charge is -2.29. The SMILES string of the molecule is C[C@H](NC(=O)c1ccc(Cl)cc1F)C(=O)N1CCOCC1. The highest BCUT2D eigenvalue weighted by atomic mass is 35.5. The molecule has 1 saturated heterocycles. The Morgan fingerprint density at radius 1 is 1.38 bits per heavy atom. The van der Waals surface area contributed by atoms with Crippen molar-refractivity contribution in [1.82, 2.24) is 10.2 Å². The lowest BCUT2D eigenvalue weighted by Crippen LogP contribution is -2.50. The van der Waals surface area contributed by atoms with E-state index in [1.165, 1.54) is 12.1 Å². The van der Waals surface area contributed by atoms with E-state index in [1.807, 2.05) is 0 Å². The van der Waals surface area contributed by atoms with Crippen LogP contribution < -0.4 is 5.32 Å². The number of morpholine rings is 1. The molecule has 1 aliphatic heterocycles. The highest BCUT2D eigenvalue weighted by Crippen LogP contribution is 2.14. The molecule has 7 heteroatoms. The molecule has 5 nitrogen and oxygen atoms in total. The number of amides is 2. The van der Waals surface area contributed by atoms with E-state index in [4.69, 9.17) is 16.3 Å². The zero-order chi connectivity index (χ0) is 15.4. The molecule has 0 radical (unpaired) electrons. The van der Waals surface area contributed by atoms with Crippen molar-refractivity contribution in [1.29, 1.82) is 0 Å². The van der Waals surface area contributed by atoms with Crippen LogP contribution in [0.2, 0.25) is 5.02 Å². The Balaban J connectivity index is 1.99. The number of halogens is 2. The van der Waals surface area contributed by atoms with Gasteiger partial charge in [-0.3, -0.25) is 9.59 Å². The predicted octanol–water partition coefficient (Wildman–Crippen LogP) is 1.46. The summed E-state index contributed by atoms with van der Waals surface area (Å²) in [6.45, 7) is 3.53. The Labute approximate surface area is 127 Å². The normalized spacial score (nSPS) is 16.4. The molecule has 2 rings (SSSR count). The largest absolute Gasteiger partial charge is 0.378 e. The summed E-state index contributed by atoms with van der Waals surface area (Å²) >= 11 is 5.64. The van der Waals surface area contributed by atoms with Gasteiger partial charge in [0.2, 0.25) is 5.91 Å². The van der Waals surface area contributed by atoms with Gasteiger partial charge in [-0.1, -0.05) is 11.6 Å². The summed E-state index contributed by atoms with van der Waals surface area (Å²) < 4.78 is 18.8. The molecule has 0 spiro atoms. The van der Waals surface area contributed by atoms with Crippen LogP contribution in [0.4, 0.5) is 4.39 Å². The highest BCUT2D eigenvalue weighted by Gasteiger charge is 2.24. The fraction of sp³-hybridized carbons (Fsp3) is 0.429. The Morgan fingerprint density at radius 2 is 2.05 bits per heavy atom. The molecule has 0 bridgehead atoms. The second-order valence-corrected chi connectivity index (χ2v) is 5.19. The fourth-order valence-corrected chi connectivity index (χ4v) is 2.23. The minimum Gasteiger partial charge on any atom is -0.378 e. The summed E-state index contributed by atoms with van der Waals surface area (Å²) in [6.07, 6.45) is 0. The van der Waals surface area contributed by atoms with E-state index in [2.05, 4.69) is 5.32 Å². The summed E-state index contributed by atoms with van der Waals surface area (Å²) in [7, 11) is 0. The van der Waals surface area contributed by atoms with E-state index in [-0.39, 0.29) is 16.5 Å². The van der Waals surface area contributed by atoms with Gasteiger partial charge in [-0.05, 0) is 25.1 Å². The first-order chi connectivity index (χ1) is 9.99. The first-order valence-corrected chi connectivity index (χ1v) is 6.99. The summed E-state index contributed by atoms with van der Waals surface area (Å²) in [6, 6.07) is 3.04. The van der Waals surface area contributed by atoms with Crippen molar-refractivity contribution in [3.05, 3.63) is 34.6 Å². The van der Waals surface area contributed by atoms with Crippen molar-refractivity contribution < 1.29 is 18.7 Å². The van der Waals surface area contributed by atoms with Gasteiger partial charge in [0, 0.05) is 18.1 Å². The van der Waals surface area contributed by atoms with Crippen LogP contribution in [-0.4, -0.2) is 49.1 Å². The maximum absolute atomic E-state index is 13.6. The molecule has 1 heterocycles. The number of carbonyl (C=O) groups excluding carboxylic acids is 2. The molecule has 1 aromatic rings. The molecule has 1 aromatic carbocycles. The average molecular weight is 315 g/mol. The molecular weight excluding hydrogens is 299 g/mol. The number of benzene rings is 1. The van der Waals surface area contributed by atoms with Crippen LogP contribution in [0.5, 0.6) is 0 Å². The third-order valence-electron chi connectivity index (χ3n) is 3.22. The van der Waals surface area contributed by atoms with Gasteiger partial charge in [0.15, 0.2) is 0 Å². The van der Waals surface area contributed by atoms with Crippen LogP contribution in [0.3, 0.4) is 0 Å². The van der Waals surface area contributed by atoms with Crippen molar-refractivity contribution in [2.75, 3.05) is 26.3 Å². The first-order valence-electron chi connectivity index (χ1n) is 6.61. The molecule has 0 aromatic heterocycles. The molecule has 0 unspecified atom stereocenters. The third-order valence-corrected chi connectivity index (χ3v) is 3.45. The summed E-state index contributed by atoms with van der Waals surface area (Å²) in [4.78, 5) is 25.7. The second-order valence-electron chi connectivity index (χ2n) is 4.76. The number of rotatable bonds is 3. The van der Waals surface area contributed by atoms with Crippen LogP contribution in [0.15, 0.2) is 18.2 Å². The maximum Gasteiger partial charge on any atom is 0.254 e. The van der Waals surface area contributed by atoms with Gasteiger partial charge in [-0.2, -0.15) is 0 Å². The molecule has 1 aliphatic rings. The minimum absolute atomic E-state index is 0.138. The van der Waals surface area contributed by atoms with Crippen molar-refractivity contribution in [3.8, 4) is 0 Å². The molecule has 1 atom stereocenters. The number of ether oxygens (including phenoxy) is 1. The summed E-state index contributed by atoms with van der Waals surface area (Å²) in [5.41, 5.74) is -0.138. The van der Waals surface area contributed by atoms with E-state index < -0.39 is 17.8 Å². The van der Waals surface area contributed by atoms with E-state index >= 15 is 0 Å². The summed E-state index contributed by atoms with van der Waals surface area (Å²) in [5, 5.41) is 2.71. The molecule has 21 heavy (non-hydrogen) atoms. The zero-order valence-corrected chi connectivity index (χ0v) is 12.3.